The maximum Gasteiger partial charge on any atom is 0.242 e. The molecule has 0 spiro atoms. The molecule has 2 aromatic carbocycles. The maximum absolute atomic E-state index is 13.3. The van der Waals surface area contributed by atoms with E-state index in [-0.39, 0.29) is 28.6 Å². The summed E-state index contributed by atoms with van der Waals surface area (Å²) in [7, 11) is 0. The minimum atomic E-state index is -0.255. The fourth-order valence-corrected chi connectivity index (χ4v) is 2.90. The van der Waals surface area contributed by atoms with Crippen molar-refractivity contribution in [2.24, 2.45) is 5.92 Å². The van der Waals surface area contributed by atoms with Crippen LogP contribution < -0.4 is 21.5 Å². The summed E-state index contributed by atoms with van der Waals surface area (Å²) >= 11 is 0. The Bertz CT molecular complexity index is 822. The summed E-state index contributed by atoms with van der Waals surface area (Å²) in [6.07, 6.45) is 4.47. The number of nitrogens with one attached hydrogen (secondary N) is 1. The monoisotopic (exact) mass is 390 g/mol. The molecule has 0 aliphatic heterocycles. The number of imidazole rings is 1. The lowest BCUT2D eigenvalue weighted by Crippen LogP contribution is -3.00. The van der Waals surface area contributed by atoms with E-state index in [1.54, 1.807) is 24.3 Å². The summed E-state index contributed by atoms with van der Waals surface area (Å²) < 4.78 is 28.6. The minimum Gasteiger partial charge on any atom is -1.00 e. The zero-order valence-electron chi connectivity index (χ0n) is 13.0. The molecule has 0 bridgehead atoms. The molecule has 2 nitrogen and oxygen atoms in total. The smallest absolute Gasteiger partial charge is 0.242 e. The van der Waals surface area contributed by atoms with Crippen LogP contribution in [0.15, 0.2) is 54.9 Å². The Hall–Kier alpha value is -2.01. The molecule has 1 saturated carbocycles. The van der Waals surface area contributed by atoms with Gasteiger partial charge >= 0.3 is 0 Å². The van der Waals surface area contributed by atoms with E-state index in [9.17, 15) is 8.78 Å². The highest BCUT2D eigenvalue weighted by molar-refractivity contribution is 5.75. The van der Waals surface area contributed by atoms with Crippen molar-refractivity contribution in [1.29, 1.82) is 0 Å². The van der Waals surface area contributed by atoms with Crippen molar-refractivity contribution in [3.05, 3.63) is 66.5 Å². The van der Waals surface area contributed by atoms with Gasteiger partial charge < -0.3 is 17.0 Å². The Morgan fingerprint density at radius 2 is 1.42 bits per heavy atom. The van der Waals surface area contributed by atoms with Gasteiger partial charge in [0.25, 0.3) is 0 Å². The molecular formula is C19H17BrF2N2. The highest BCUT2D eigenvalue weighted by Crippen LogP contribution is 2.32. The molecule has 0 atom stereocenters. The summed E-state index contributed by atoms with van der Waals surface area (Å²) in [6, 6.07) is 12.9. The van der Waals surface area contributed by atoms with Gasteiger partial charge in [-0.3, -0.25) is 0 Å². The van der Waals surface area contributed by atoms with Gasteiger partial charge in [0.05, 0.1) is 6.54 Å². The topological polar surface area (TPSA) is 19.7 Å². The number of nitrogens with zero attached hydrogens (tertiary/aromatic N) is 1. The van der Waals surface area contributed by atoms with Crippen LogP contribution in [-0.4, -0.2) is 4.98 Å². The lowest BCUT2D eigenvalue weighted by atomic mass is 10.0. The summed E-state index contributed by atoms with van der Waals surface area (Å²) in [6.45, 7) is 0.949. The molecule has 0 amide bonds. The van der Waals surface area contributed by atoms with Crippen molar-refractivity contribution < 1.29 is 30.3 Å². The number of hydrogen-bond donors (Lipinski definition) is 1. The van der Waals surface area contributed by atoms with Crippen LogP contribution in [-0.2, 0) is 6.54 Å². The van der Waals surface area contributed by atoms with E-state index in [0.29, 0.717) is 0 Å². The molecule has 0 unspecified atom stereocenters. The molecule has 5 heteroatoms. The number of aromatic amines is 1. The first kappa shape index (κ1) is 16.8. The zero-order valence-corrected chi connectivity index (χ0v) is 14.6. The molecule has 1 N–H and O–H groups in total. The molecule has 1 aromatic heterocycles. The van der Waals surface area contributed by atoms with Crippen molar-refractivity contribution in [2.45, 2.75) is 19.4 Å². The van der Waals surface area contributed by atoms with Gasteiger partial charge in [0, 0.05) is 11.1 Å². The van der Waals surface area contributed by atoms with Crippen molar-refractivity contribution in [1.82, 2.24) is 4.98 Å². The number of halogens is 3. The van der Waals surface area contributed by atoms with Crippen LogP contribution in [0.1, 0.15) is 12.8 Å². The van der Waals surface area contributed by atoms with Gasteiger partial charge in [-0.05, 0) is 67.3 Å². The van der Waals surface area contributed by atoms with E-state index in [0.717, 1.165) is 35.0 Å². The molecule has 0 saturated heterocycles. The SMILES string of the molecule is Fc1ccc(-c2[nH]c[n+](CC3CC3)c2-c2ccc(F)cc2)cc1.[Br-]. The minimum absolute atomic E-state index is 0. The second-order valence-corrected chi connectivity index (χ2v) is 6.11. The second kappa shape index (κ2) is 6.85. The van der Waals surface area contributed by atoms with Crippen LogP contribution in [0.3, 0.4) is 0 Å². The highest BCUT2D eigenvalue weighted by Gasteiger charge is 2.28. The summed E-state index contributed by atoms with van der Waals surface area (Å²) in [5, 5.41) is 0. The van der Waals surface area contributed by atoms with E-state index in [4.69, 9.17) is 0 Å². The fraction of sp³-hybridized carbons (Fsp3) is 0.211. The van der Waals surface area contributed by atoms with Crippen molar-refractivity contribution in [3.63, 3.8) is 0 Å². The highest BCUT2D eigenvalue weighted by atomic mass is 79.9. The lowest BCUT2D eigenvalue weighted by Gasteiger charge is -2.04. The molecule has 124 valence electrons. The van der Waals surface area contributed by atoms with Crippen molar-refractivity contribution >= 4 is 0 Å². The van der Waals surface area contributed by atoms with Crippen LogP contribution in [0.2, 0.25) is 0 Å². The van der Waals surface area contributed by atoms with E-state index >= 15 is 0 Å². The molecular weight excluding hydrogens is 374 g/mol. The molecule has 4 rings (SSSR count). The van der Waals surface area contributed by atoms with Crippen molar-refractivity contribution in [3.8, 4) is 22.5 Å². The van der Waals surface area contributed by atoms with Gasteiger partial charge in [-0.1, -0.05) is 0 Å². The number of rotatable bonds is 4. The molecule has 3 aromatic rings. The largest absolute Gasteiger partial charge is 1.00 e. The van der Waals surface area contributed by atoms with Crippen LogP contribution in [0.5, 0.6) is 0 Å². The molecule has 0 radical (unpaired) electrons. The van der Waals surface area contributed by atoms with E-state index in [1.165, 1.54) is 37.1 Å². The first-order valence-electron chi connectivity index (χ1n) is 7.83. The Morgan fingerprint density at radius 1 is 0.875 bits per heavy atom. The molecule has 24 heavy (non-hydrogen) atoms. The van der Waals surface area contributed by atoms with Crippen LogP contribution in [0.25, 0.3) is 22.5 Å². The van der Waals surface area contributed by atoms with Crippen LogP contribution in [0, 0.1) is 17.6 Å². The van der Waals surface area contributed by atoms with Crippen LogP contribution >= 0.6 is 0 Å². The predicted molar refractivity (Wildman–Crippen MR) is 84.5 cm³/mol. The average Bonchev–Trinajstić information content (AvgIpc) is 3.28. The molecule has 1 fully saturated rings. The summed E-state index contributed by atoms with van der Waals surface area (Å²) in [5.74, 6) is 0.215. The van der Waals surface area contributed by atoms with Crippen LogP contribution in [0.4, 0.5) is 8.78 Å². The third kappa shape index (κ3) is 3.41. The first-order valence-corrected chi connectivity index (χ1v) is 7.83. The lowest BCUT2D eigenvalue weighted by molar-refractivity contribution is -0.688. The Labute approximate surface area is 149 Å². The Morgan fingerprint density at radius 3 is 1.96 bits per heavy atom. The Balaban J connectivity index is 0.00000169. The molecule has 1 aliphatic carbocycles. The van der Waals surface area contributed by atoms with Gasteiger partial charge in [0.1, 0.15) is 11.6 Å². The van der Waals surface area contributed by atoms with Gasteiger partial charge in [0.15, 0.2) is 11.4 Å². The Kier molecular flexibility index (Phi) is 4.81. The van der Waals surface area contributed by atoms with Gasteiger partial charge in [-0.2, -0.15) is 0 Å². The van der Waals surface area contributed by atoms with Gasteiger partial charge in [-0.25, -0.2) is 18.3 Å². The molecule has 1 heterocycles. The van der Waals surface area contributed by atoms with E-state index in [1.807, 2.05) is 6.33 Å². The number of hydrogen-bond acceptors (Lipinski definition) is 0. The van der Waals surface area contributed by atoms with Gasteiger partial charge in [0.2, 0.25) is 6.33 Å². The number of H-pyrrole nitrogens is 1. The first-order chi connectivity index (χ1) is 11.2. The quantitative estimate of drug-likeness (QED) is 0.648. The maximum atomic E-state index is 13.3. The predicted octanol–water partition coefficient (Wildman–Crippen LogP) is 1.33. The van der Waals surface area contributed by atoms with E-state index in [2.05, 4.69) is 9.55 Å². The standard InChI is InChI=1S/C19H16F2N2.BrH/c20-16-7-3-14(4-8-16)18-19(15-5-9-17(21)10-6-15)23(12-22-18)11-13-1-2-13;/h3-10,12-13H,1-2,11H2;1H. The van der Waals surface area contributed by atoms with E-state index < -0.39 is 0 Å². The average molecular weight is 391 g/mol. The summed E-state index contributed by atoms with van der Waals surface area (Å²) in [4.78, 5) is 3.30. The zero-order chi connectivity index (χ0) is 15.8. The normalized spacial score (nSPS) is 13.6. The van der Waals surface area contributed by atoms with Crippen molar-refractivity contribution in [2.75, 3.05) is 0 Å². The number of benzene rings is 2. The fourth-order valence-electron chi connectivity index (χ4n) is 2.90. The second-order valence-electron chi connectivity index (χ2n) is 6.11. The third-order valence-electron chi connectivity index (χ3n) is 4.29. The number of aromatic nitrogens is 2. The third-order valence-corrected chi connectivity index (χ3v) is 4.29. The van der Waals surface area contributed by atoms with Gasteiger partial charge in [-0.15, -0.1) is 0 Å². The summed E-state index contributed by atoms with van der Waals surface area (Å²) in [5.41, 5.74) is 3.81. The molecule has 1 aliphatic rings.